The molecular weight excluding hydrogens is 467 g/mol. The monoisotopic (exact) mass is 480 g/mol. The van der Waals surface area contributed by atoms with Crippen LogP contribution in [0.3, 0.4) is 0 Å². The number of alkyl halides is 3. The second kappa shape index (κ2) is 8.07. The molecule has 33 heavy (non-hydrogen) atoms. The summed E-state index contributed by atoms with van der Waals surface area (Å²) in [6.07, 6.45) is -3.99. The Bertz CT molecular complexity index is 1470. The van der Waals surface area contributed by atoms with Gasteiger partial charge in [0.15, 0.2) is 5.78 Å². The lowest BCUT2D eigenvalue weighted by molar-refractivity contribution is -0.137. The van der Waals surface area contributed by atoms with Crippen LogP contribution in [0.1, 0.15) is 21.5 Å². The Morgan fingerprint density at radius 2 is 1.61 bits per heavy atom. The van der Waals surface area contributed by atoms with Gasteiger partial charge in [0, 0.05) is 11.8 Å². The summed E-state index contributed by atoms with van der Waals surface area (Å²) in [5, 5.41) is 4.12. The van der Waals surface area contributed by atoms with Crippen LogP contribution in [0, 0.1) is 11.6 Å². The molecule has 0 fully saturated rings. The van der Waals surface area contributed by atoms with Crippen LogP contribution in [-0.2, 0) is 22.6 Å². The van der Waals surface area contributed by atoms with Gasteiger partial charge in [0.2, 0.25) is 0 Å². The summed E-state index contributed by atoms with van der Waals surface area (Å²) in [7, 11) is -4.52. The Hall–Kier alpha value is -3.60. The van der Waals surface area contributed by atoms with Crippen LogP contribution in [0.25, 0.3) is 10.9 Å². The van der Waals surface area contributed by atoms with Crippen molar-refractivity contribution < 1.29 is 35.2 Å². The van der Waals surface area contributed by atoms with Gasteiger partial charge < -0.3 is 0 Å². The number of hydrogen-bond acceptors (Lipinski definition) is 4. The first-order valence-electron chi connectivity index (χ1n) is 9.35. The summed E-state index contributed by atoms with van der Waals surface area (Å²) in [6, 6.07) is 10.4. The Kier molecular flexibility index (Phi) is 5.52. The molecule has 0 aliphatic rings. The molecule has 0 amide bonds. The van der Waals surface area contributed by atoms with E-state index in [9.17, 15) is 35.2 Å². The van der Waals surface area contributed by atoms with E-state index >= 15 is 0 Å². The van der Waals surface area contributed by atoms with Crippen LogP contribution in [0.15, 0.2) is 71.8 Å². The lowest BCUT2D eigenvalue weighted by Gasteiger charge is -2.10. The predicted octanol–water partition coefficient (Wildman–Crippen LogP) is 5.00. The predicted molar refractivity (Wildman–Crippen MR) is 108 cm³/mol. The maximum Gasteiger partial charge on any atom is 0.416 e. The summed E-state index contributed by atoms with van der Waals surface area (Å²) in [5.41, 5.74) is -1.64. The fourth-order valence-corrected chi connectivity index (χ4v) is 4.63. The molecule has 0 saturated carbocycles. The van der Waals surface area contributed by atoms with Gasteiger partial charge >= 0.3 is 6.18 Å². The summed E-state index contributed by atoms with van der Waals surface area (Å²) in [6.45, 7) is 0. The molecule has 4 aromatic rings. The van der Waals surface area contributed by atoms with Crippen molar-refractivity contribution in [3.8, 4) is 0 Å². The number of benzene rings is 3. The number of aromatic nitrogens is 2. The summed E-state index contributed by atoms with van der Waals surface area (Å²) in [5.74, 6) is -2.92. The SMILES string of the molecule is O=C(Cc1ccc2cnn(S(=O)(=O)c3cccc(C(F)(F)F)c3)c2c1)c1c(F)cccc1F. The highest BCUT2D eigenvalue weighted by Gasteiger charge is 2.32. The van der Waals surface area contributed by atoms with Gasteiger partial charge in [-0.1, -0.05) is 24.3 Å². The zero-order valence-electron chi connectivity index (χ0n) is 16.5. The van der Waals surface area contributed by atoms with Crippen molar-refractivity contribution in [2.45, 2.75) is 17.5 Å². The van der Waals surface area contributed by atoms with Crippen LogP contribution < -0.4 is 0 Å². The van der Waals surface area contributed by atoms with Crippen molar-refractivity contribution in [1.29, 1.82) is 0 Å². The van der Waals surface area contributed by atoms with Crippen molar-refractivity contribution in [2.75, 3.05) is 0 Å². The molecular formula is C22H13F5N2O3S. The summed E-state index contributed by atoms with van der Waals surface area (Å²) < 4.78 is 93.4. The molecule has 1 heterocycles. The average Bonchev–Trinajstić information content (AvgIpc) is 3.17. The highest BCUT2D eigenvalue weighted by atomic mass is 32.2. The topological polar surface area (TPSA) is 69.0 Å². The largest absolute Gasteiger partial charge is 0.416 e. The van der Waals surface area contributed by atoms with E-state index in [1.165, 1.54) is 24.4 Å². The molecule has 0 radical (unpaired) electrons. The van der Waals surface area contributed by atoms with E-state index in [1.54, 1.807) is 0 Å². The Balaban J connectivity index is 1.74. The first-order valence-corrected chi connectivity index (χ1v) is 10.8. The minimum Gasteiger partial charge on any atom is -0.294 e. The lowest BCUT2D eigenvalue weighted by atomic mass is 10.0. The van der Waals surface area contributed by atoms with E-state index in [-0.39, 0.29) is 11.1 Å². The number of hydrogen-bond donors (Lipinski definition) is 0. The fraction of sp³-hybridized carbons (Fsp3) is 0.0909. The number of halogens is 5. The van der Waals surface area contributed by atoms with E-state index in [4.69, 9.17) is 0 Å². The maximum absolute atomic E-state index is 13.9. The maximum atomic E-state index is 13.9. The Morgan fingerprint density at radius 3 is 2.27 bits per heavy atom. The number of ketones is 1. The van der Waals surface area contributed by atoms with E-state index in [2.05, 4.69) is 5.10 Å². The van der Waals surface area contributed by atoms with Gasteiger partial charge in [-0.3, -0.25) is 4.79 Å². The van der Waals surface area contributed by atoms with Crippen molar-refractivity contribution in [1.82, 2.24) is 9.19 Å². The van der Waals surface area contributed by atoms with Crippen LogP contribution in [0.5, 0.6) is 0 Å². The molecule has 5 nitrogen and oxygen atoms in total. The minimum atomic E-state index is -4.74. The summed E-state index contributed by atoms with van der Waals surface area (Å²) >= 11 is 0. The second-order valence-electron chi connectivity index (χ2n) is 7.11. The van der Waals surface area contributed by atoms with Crippen molar-refractivity contribution in [3.05, 3.63) is 95.2 Å². The number of nitrogens with zero attached hydrogens (tertiary/aromatic N) is 2. The number of carbonyl (C=O) groups is 1. The normalized spacial score (nSPS) is 12.3. The fourth-order valence-electron chi connectivity index (χ4n) is 3.31. The molecule has 1 aromatic heterocycles. The van der Waals surface area contributed by atoms with E-state index in [1.807, 2.05) is 0 Å². The van der Waals surface area contributed by atoms with Crippen LogP contribution in [0.4, 0.5) is 22.0 Å². The van der Waals surface area contributed by atoms with Crippen molar-refractivity contribution in [2.24, 2.45) is 0 Å². The molecule has 0 saturated heterocycles. The van der Waals surface area contributed by atoms with Crippen LogP contribution >= 0.6 is 0 Å². The zero-order chi connectivity index (χ0) is 24.0. The third kappa shape index (κ3) is 4.23. The van der Waals surface area contributed by atoms with Gasteiger partial charge in [-0.05, 0) is 42.0 Å². The van der Waals surface area contributed by atoms with E-state index in [0.29, 0.717) is 15.5 Å². The van der Waals surface area contributed by atoms with Crippen molar-refractivity contribution in [3.63, 3.8) is 0 Å². The van der Waals surface area contributed by atoms with E-state index < -0.39 is 56.1 Å². The molecule has 0 spiro atoms. The lowest BCUT2D eigenvalue weighted by Crippen LogP contribution is -2.16. The highest BCUT2D eigenvalue weighted by Crippen LogP contribution is 2.31. The van der Waals surface area contributed by atoms with Crippen LogP contribution in [-0.4, -0.2) is 23.4 Å². The molecule has 11 heteroatoms. The number of Topliss-reactive ketones (excluding diaryl/α,β-unsaturated/α-hetero) is 1. The second-order valence-corrected chi connectivity index (χ2v) is 8.88. The molecule has 0 N–H and O–H groups in total. The molecule has 3 aromatic carbocycles. The van der Waals surface area contributed by atoms with Gasteiger partial charge in [-0.15, -0.1) is 0 Å². The molecule has 4 rings (SSSR count). The minimum absolute atomic E-state index is 0.00767. The third-order valence-electron chi connectivity index (χ3n) is 4.90. The molecule has 0 aliphatic carbocycles. The Morgan fingerprint density at radius 1 is 0.939 bits per heavy atom. The van der Waals surface area contributed by atoms with Gasteiger partial charge in [-0.25, -0.2) is 8.78 Å². The number of fused-ring (bicyclic) bond motifs is 1. The first-order chi connectivity index (χ1) is 15.5. The third-order valence-corrected chi connectivity index (χ3v) is 6.49. The van der Waals surface area contributed by atoms with Crippen LogP contribution in [0.2, 0.25) is 0 Å². The molecule has 0 aliphatic heterocycles. The average molecular weight is 480 g/mol. The molecule has 0 unspecified atom stereocenters. The Labute approximate surface area is 184 Å². The molecule has 0 bridgehead atoms. The standard InChI is InChI=1S/C22H13F5N2O3S/c23-17-5-2-6-18(24)21(17)20(30)10-13-7-8-14-12-28-29(19(14)9-13)33(31,32)16-4-1-3-15(11-16)22(25,26)27/h1-9,11-12H,10H2. The molecule has 0 atom stereocenters. The van der Waals surface area contributed by atoms with Crippen molar-refractivity contribution >= 4 is 26.7 Å². The van der Waals surface area contributed by atoms with Gasteiger partial charge in [0.05, 0.1) is 27.7 Å². The molecule has 170 valence electrons. The van der Waals surface area contributed by atoms with Gasteiger partial charge in [0.1, 0.15) is 11.6 Å². The van der Waals surface area contributed by atoms with Gasteiger partial charge in [0.25, 0.3) is 10.0 Å². The van der Waals surface area contributed by atoms with E-state index in [0.717, 1.165) is 36.4 Å². The highest BCUT2D eigenvalue weighted by molar-refractivity contribution is 7.90. The number of rotatable bonds is 5. The smallest absolute Gasteiger partial charge is 0.294 e. The number of carbonyl (C=O) groups excluding carboxylic acids is 1. The van der Waals surface area contributed by atoms with Gasteiger partial charge in [-0.2, -0.15) is 30.8 Å². The first kappa shape index (κ1) is 22.6. The quantitative estimate of drug-likeness (QED) is 0.298. The zero-order valence-corrected chi connectivity index (χ0v) is 17.3. The summed E-state index contributed by atoms with van der Waals surface area (Å²) in [4.78, 5) is 11.8.